The zero-order chi connectivity index (χ0) is 0. The summed E-state index contributed by atoms with van der Waals surface area (Å²) >= 11 is 0. The second-order valence-corrected chi connectivity index (χ2v) is 0. The van der Waals surface area contributed by atoms with Gasteiger partial charge in [-0.1, -0.05) is 0 Å². The number of hydrogen-bond acceptors (Lipinski definition) is 0. The van der Waals surface area contributed by atoms with E-state index in [-0.39, 0.29) is 397 Å². The van der Waals surface area contributed by atoms with E-state index in [1.165, 1.54) is 0 Å². The topological polar surface area (TPSA) is 126 Å². The Balaban J connectivity index is 0. The Bertz CT molecular complexity index is 16.1. The average Bonchev–Trinajstić information content (AvgIpc) is 0. The van der Waals surface area contributed by atoms with Crippen LogP contribution in [0.5, 0.6) is 0 Å². The Labute approximate surface area is 388 Å². The van der Waals surface area contributed by atoms with E-state index in [9.17, 15) is 0 Å². The van der Waals surface area contributed by atoms with Gasteiger partial charge >= 0.3 is 0 Å². The van der Waals surface area contributed by atoms with Crippen molar-refractivity contribution in [3.8, 4) is 0 Å². The van der Waals surface area contributed by atoms with Crippen LogP contribution in [0.2, 0.25) is 0 Å². The van der Waals surface area contributed by atoms with Crippen LogP contribution < -0.4 is 0 Å². The monoisotopic (exact) mass is 1280 g/mol. The molecule has 0 heterocycles. The van der Waals surface area contributed by atoms with E-state index in [0.29, 0.717) is 0 Å². The summed E-state index contributed by atoms with van der Waals surface area (Å²) in [6.07, 6.45) is 0. The number of rotatable bonds is 0. The van der Waals surface area contributed by atoms with Crippen molar-refractivity contribution in [2.75, 3.05) is 0 Å². The van der Waals surface area contributed by atoms with E-state index in [2.05, 4.69) is 0 Å². The number of hydrogen-bond donors (Lipinski definition) is 0. The molecule has 0 rings (SSSR count). The van der Waals surface area contributed by atoms with E-state index in [1.54, 1.807) is 0 Å². The minimum atomic E-state index is 0. The fourth-order valence-electron chi connectivity index (χ4n) is 0. The zero-order valence-corrected chi connectivity index (χ0v) is 36.3. The molecule has 0 aliphatic rings. The van der Waals surface area contributed by atoms with Crippen molar-refractivity contribution in [2.24, 2.45) is 0 Å². The third kappa shape index (κ3) is 326. The maximum atomic E-state index is 0. The Morgan fingerprint density at radius 1 is 0.0769 bits per heavy atom. The maximum Gasteiger partial charge on any atom is 0 e. The Morgan fingerprint density at radius 3 is 0.0769 bits per heavy atom. The van der Waals surface area contributed by atoms with Gasteiger partial charge in [-0.05, 0) is 0 Å². The van der Waals surface area contributed by atoms with Crippen molar-refractivity contribution in [2.45, 2.75) is 0 Å². The van der Waals surface area contributed by atoms with Gasteiger partial charge in [-0.15, -0.1) is 0 Å². The first-order valence-corrected chi connectivity index (χ1v) is 0. The van der Waals surface area contributed by atoms with Crippen LogP contribution in [-0.4, -0.2) is 21.9 Å². The van der Waals surface area contributed by atoms with Gasteiger partial charge in [0.2, 0.25) is 0 Å². The molecular formula is H8Mn22O4. The molecule has 0 spiro atoms. The molecule has 22 radical (unpaired) electrons. The van der Waals surface area contributed by atoms with Gasteiger partial charge in [0, 0.05) is 376 Å². The summed E-state index contributed by atoms with van der Waals surface area (Å²) in [7, 11) is 0. The van der Waals surface area contributed by atoms with Gasteiger partial charge in [-0.2, -0.15) is 0 Å². The van der Waals surface area contributed by atoms with Crippen molar-refractivity contribution < 1.29 is 397 Å². The minimum Gasteiger partial charge on any atom is -0.412 e. The van der Waals surface area contributed by atoms with Crippen LogP contribution >= 0.6 is 0 Å². The van der Waals surface area contributed by atoms with Crippen LogP contribution in [0.25, 0.3) is 0 Å². The summed E-state index contributed by atoms with van der Waals surface area (Å²) in [5, 5.41) is 0. The predicted octanol–water partition coefficient (Wildman–Crippen LogP) is -3.35. The third-order valence-corrected chi connectivity index (χ3v) is 0. The van der Waals surface area contributed by atoms with E-state index >= 15 is 0 Å². The van der Waals surface area contributed by atoms with Crippen LogP contribution in [0, 0.1) is 0 Å². The summed E-state index contributed by atoms with van der Waals surface area (Å²) in [6.45, 7) is 0. The molecule has 0 amide bonds. The standard InChI is InChI=1S/22Mn.4H2O/h;;;;;;;;;;;;;;;;;;;;;;4*1H2. The Hall–Kier alpha value is 11.3. The summed E-state index contributed by atoms with van der Waals surface area (Å²) in [5.74, 6) is 0. The van der Waals surface area contributed by atoms with Gasteiger partial charge in [0.25, 0.3) is 0 Å². The Morgan fingerprint density at radius 2 is 0.0769 bits per heavy atom. The molecule has 0 saturated heterocycles. The van der Waals surface area contributed by atoms with Crippen LogP contribution in [-0.2, 0) is 376 Å². The molecule has 186 valence electrons. The molecule has 8 N–H and O–H groups in total. The molecule has 0 fully saturated rings. The molecule has 0 aromatic heterocycles. The molecular weight excluding hydrogens is 1270 g/mol. The summed E-state index contributed by atoms with van der Waals surface area (Å²) in [6, 6.07) is 0. The quantitative estimate of drug-likeness (QED) is 0.225. The fraction of sp³-hybridized carbons (Fsp3) is 0. The van der Waals surface area contributed by atoms with Crippen LogP contribution in [0.3, 0.4) is 0 Å². The molecule has 0 atom stereocenters. The molecule has 0 saturated carbocycles. The van der Waals surface area contributed by atoms with Crippen molar-refractivity contribution in [3.05, 3.63) is 0 Å². The van der Waals surface area contributed by atoms with Gasteiger partial charge in [0.15, 0.2) is 0 Å². The normalized spacial score (nSPS) is 0. The van der Waals surface area contributed by atoms with Crippen molar-refractivity contribution in [1.82, 2.24) is 0 Å². The molecule has 4 nitrogen and oxygen atoms in total. The Kier molecular flexibility index (Phi) is 5280. The van der Waals surface area contributed by atoms with Gasteiger partial charge in [-0.3, -0.25) is 0 Å². The second kappa shape index (κ2) is 355. The first-order valence-electron chi connectivity index (χ1n) is 0. The molecule has 0 unspecified atom stereocenters. The van der Waals surface area contributed by atoms with Gasteiger partial charge in [0.05, 0.1) is 0 Å². The first kappa shape index (κ1) is 386. The van der Waals surface area contributed by atoms with E-state index in [1.807, 2.05) is 0 Å². The molecule has 26 heteroatoms. The van der Waals surface area contributed by atoms with Crippen LogP contribution in [0.4, 0.5) is 0 Å². The largest absolute Gasteiger partial charge is 0.412 e. The molecule has 0 aromatic rings. The molecule has 0 aliphatic heterocycles. The van der Waals surface area contributed by atoms with Gasteiger partial charge in [0.1, 0.15) is 0 Å². The summed E-state index contributed by atoms with van der Waals surface area (Å²) < 4.78 is 0. The molecule has 26 heavy (non-hydrogen) atoms. The summed E-state index contributed by atoms with van der Waals surface area (Å²) in [5.41, 5.74) is 0. The van der Waals surface area contributed by atoms with Crippen molar-refractivity contribution in [3.63, 3.8) is 0 Å². The fourth-order valence-corrected chi connectivity index (χ4v) is 0. The smallest absolute Gasteiger partial charge is 0 e. The molecule has 0 aromatic carbocycles. The van der Waals surface area contributed by atoms with Crippen molar-refractivity contribution in [1.29, 1.82) is 0 Å². The SMILES string of the molecule is O.O.O.O.[Mn].[Mn].[Mn].[Mn].[Mn].[Mn].[Mn].[Mn].[Mn].[Mn].[Mn].[Mn].[Mn].[Mn].[Mn].[Mn].[Mn].[Mn].[Mn].[Mn].[Mn].[Mn]. The third-order valence-electron chi connectivity index (χ3n) is 0. The average molecular weight is 1280 g/mol. The van der Waals surface area contributed by atoms with Crippen LogP contribution in [0.15, 0.2) is 0 Å². The molecule has 0 aliphatic carbocycles. The zero-order valence-electron chi connectivity index (χ0n) is 10.3. The van der Waals surface area contributed by atoms with E-state index in [4.69, 9.17) is 0 Å². The predicted molar refractivity (Wildman–Crippen MR) is 14.5 cm³/mol. The van der Waals surface area contributed by atoms with Crippen molar-refractivity contribution >= 4 is 0 Å². The van der Waals surface area contributed by atoms with Gasteiger partial charge < -0.3 is 21.9 Å². The second-order valence-electron chi connectivity index (χ2n) is 0. The minimum absolute atomic E-state index is 0. The van der Waals surface area contributed by atoms with E-state index < -0.39 is 0 Å². The maximum absolute atomic E-state index is 0. The summed E-state index contributed by atoms with van der Waals surface area (Å²) in [4.78, 5) is 0. The first-order chi connectivity index (χ1) is 0. The van der Waals surface area contributed by atoms with E-state index in [0.717, 1.165) is 0 Å². The van der Waals surface area contributed by atoms with Crippen LogP contribution in [0.1, 0.15) is 0 Å². The van der Waals surface area contributed by atoms with Gasteiger partial charge in [-0.25, -0.2) is 0 Å². The molecule has 0 bridgehead atoms.